The van der Waals surface area contributed by atoms with E-state index in [1.165, 1.54) is 25.7 Å². The highest BCUT2D eigenvalue weighted by Gasteiger charge is 2.61. The summed E-state index contributed by atoms with van der Waals surface area (Å²) in [6, 6.07) is 0.286. The highest BCUT2D eigenvalue weighted by Crippen LogP contribution is 2.59. The van der Waals surface area contributed by atoms with Crippen LogP contribution >= 0.6 is 0 Å². The number of carbonyl (C=O) groups is 1. The van der Waals surface area contributed by atoms with E-state index in [9.17, 15) is 4.79 Å². The molecule has 3 aliphatic rings. The van der Waals surface area contributed by atoms with Crippen molar-refractivity contribution in [3.05, 3.63) is 17.0 Å². The molecule has 1 heterocycles. The van der Waals surface area contributed by atoms with E-state index in [2.05, 4.69) is 12.1 Å². The molecule has 1 amide bonds. The van der Waals surface area contributed by atoms with E-state index >= 15 is 0 Å². The number of amides is 1. The van der Waals surface area contributed by atoms with Gasteiger partial charge in [-0.15, -0.1) is 0 Å². The van der Waals surface area contributed by atoms with Gasteiger partial charge in [0.1, 0.15) is 5.76 Å². The molecule has 24 heavy (non-hydrogen) atoms. The summed E-state index contributed by atoms with van der Waals surface area (Å²) in [5.41, 5.74) is 1.82. The highest BCUT2D eigenvalue weighted by molar-refractivity contribution is 5.94. The summed E-state index contributed by atoms with van der Waals surface area (Å²) in [7, 11) is 1.94. The first-order valence-electron chi connectivity index (χ1n) is 9.53. The van der Waals surface area contributed by atoms with Crippen molar-refractivity contribution in [3.8, 4) is 0 Å². The summed E-state index contributed by atoms with van der Waals surface area (Å²) in [6.07, 6.45) is 10.2. The molecular formula is C19H28N2O3. The molecular weight excluding hydrogens is 304 g/mol. The first kappa shape index (κ1) is 16.1. The van der Waals surface area contributed by atoms with Crippen LogP contribution in [0.4, 0.5) is 0 Å². The van der Waals surface area contributed by atoms with Gasteiger partial charge in [0.2, 0.25) is 0 Å². The van der Waals surface area contributed by atoms with E-state index < -0.39 is 0 Å². The van der Waals surface area contributed by atoms with Crippen molar-refractivity contribution in [2.45, 2.75) is 76.9 Å². The van der Waals surface area contributed by atoms with E-state index in [1.54, 1.807) is 0 Å². The lowest BCUT2D eigenvalue weighted by Crippen LogP contribution is -2.67. The van der Waals surface area contributed by atoms with Crippen molar-refractivity contribution in [3.63, 3.8) is 0 Å². The Labute approximate surface area is 143 Å². The van der Waals surface area contributed by atoms with Crippen LogP contribution in [0.1, 0.15) is 73.7 Å². The molecule has 0 radical (unpaired) electrons. The Morgan fingerprint density at radius 3 is 2.79 bits per heavy atom. The molecule has 0 aromatic carbocycles. The van der Waals surface area contributed by atoms with E-state index in [4.69, 9.17) is 9.26 Å². The quantitative estimate of drug-likeness (QED) is 0.793. The number of rotatable bonds is 4. The van der Waals surface area contributed by atoms with Gasteiger partial charge in [-0.3, -0.25) is 4.79 Å². The second-order valence-electron chi connectivity index (χ2n) is 7.69. The number of carbonyl (C=O) groups excluding carboxylic acids is 1. The SMILES string of the molecule is CCO[C@H]1C[C@H](N(C)C(=O)c2noc3c2CCCCC3)C12CCC2. The zero-order valence-corrected chi connectivity index (χ0v) is 14.8. The predicted molar refractivity (Wildman–Crippen MR) is 90.0 cm³/mol. The molecule has 2 fully saturated rings. The summed E-state index contributed by atoms with van der Waals surface area (Å²) < 4.78 is 11.4. The monoisotopic (exact) mass is 332 g/mol. The predicted octanol–water partition coefficient (Wildman–Crippen LogP) is 3.36. The summed E-state index contributed by atoms with van der Waals surface area (Å²) in [5.74, 6) is 0.969. The van der Waals surface area contributed by atoms with Crippen molar-refractivity contribution in [1.82, 2.24) is 10.1 Å². The molecule has 2 saturated carbocycles. The molecule has 4 rings (SSSR count). The summed E-state index contributed by atoms with van der Waals surface area (Å²) in [4.78, 5) is 15.0. The van der Waals surface area contributed by atoms with Crippen molar-refractivity contribution >= 4 is 5.91 Å². The van der Waals surface area contributed by atoms with Crippen LogP contribution in [0.5, 0.6) is 0 Å². The average Bonchev–Trinajstić information content (AvgIpc) is 2.76. The Morgan fingerprint density at radius 2 is 2.08 bits per heavy atom. The maximum atomic E-state index is 13.1. The zero-order valence-electron chi connectivity index (χ0n) is 14.8. The van der Waals surface area contributed by atoms with Crippen LogP contribution in [-0.2, 0) is 17.6 Å². The van der Waals surface area contributed by atoms with Crippen LogP contribution < -0.4 is 0 Å². The lowest BCUT2D eigenvalue weighted by molar-refractivity contribution is -0.192. The van der Waals surface area contributed by atoms with Gasteiger partial charge >= 0.3 is 0 Å². The van der Waals surface area contributed by atoms with Crippen LogP contribution in [-0.4, -0.2) is 41.8 Å². The van der Waals surface area contributed by atoms with Gasteiger partial charge in [0.15, 0.2) is 5.69 Å². The molecule has 0 saturated heterocycles. The van der Waals surface area contributed by atoms with Crippen molar-refractivity contribution in [1.29, 1.82) is 0 Å². The van der Waals surface area contributed by atoms with Crippen LogP contribution in [0.15, 0.2) is 4.52 Å². The number of aryl methyl sites for hydroxylation is 1. The Kier molecular flexibility index (Phi) is 4.15. The van der Waals surface area contributed by atoms with Crippen molar-refractivity contribution in [2.75, 3.05) is 13.7 Å². The Morgan fingerprint density at radius 1 is 1.29 bits per heavy atom. The molecule has 0 bridgehead atoms. The number of nitrogens with zero attached hydrogens (tertiary/aromatic N) is 2. The fourth-order valence-corrected chi connectivity index (χ4v) is 4.98. The zero-order chi connectivity index (χ0) is 16.7. The van der Waals surface area contributed by atoms with Crippen LogP contribution in [0, 0.1) is 5.41 Å². The van der Waals surface area contributed by atoms with E-state index in [-0.39, 0.29) is 17.4 Å². The van der Waals surface area contributed by atoms with Gasteiger partial charge in [0.05, 0.1) is 6.10 Å². The molecule has 2 atom stereocenters. The maximum absolute atomic E-state index is 13.1. The van der Waals surface area contributed by atoms with Gasteiger partial charge < -0.3 is 14.2 Å². The first-order chi connectivity index (χ1) is 11.7. The third kappa shape index (κ3) is 2.32. The summed E-state index contributed by atoms with van der Waals surface area (Å²) in [5, 5.41) is 4.15. The normalized spacial score (nSPS) is 27.8. The van der Waals surface area contributed by atoms with Gasteiger partial charge in [-0.05, 0) is 45.4 Å². The minimum atomic E-state index is 0.0353. The minimum Gasteiger partial charge on any atom is -0.378 e. The average molecular weight is 332 g/mol. The third-order valence-electron chi connectivity index (χ3n) is 6.59. The van der Waals surface area contributed by atoms with Crippen LogP contribution in [0.3, 0.4) is 0 Å². The number of hydrogen-bond acceptors (Lipinski definition) is 4. The van der Waals surface area contributed by atoms with Crippen molar-refractivity contribution < 1.29 is 14.1 Å². The topological polar surface area (TPSA) is 55.6 Å². The second kappa shape index (κ2) is 6.17. The third-order valence-corrected chi connectivity index (χ3v) is 6.59. The Hall–Kier alpha value is -1.36. The van der Waals surface area contributed by atoms with Gasteiger partial charge in [-0.1, -0.05) is 18.0 Å². The Bertz CT molecular complexity index is 620. The molecule has 5 nitrogen and oxygen atoms in total. The van der Waals surface area contributed by atoms with Gasteiger partial charge in [-0.2, -0.15) is 0 Å². The van der Waals surface area contributed by atoms with E-state index in [0.717, 1.165) is 50.0 Å². The largest absolute Gasteiger partial charge is 0.378 e. The minimum absolute atomic E-state index is 0.0353. The summed E-state index contributed by atoms with van der Waals surface area (Å²) in [6.45, 7) is 2.81. The van der Waals surface area contributed by atoms with Crippen molar-refractivity contribution in [2.24, 2.45) is 5.41 Å². The van der Waals surface area contributed by atoms with Crippen LogP contribution in [0.25, 0.3) is 0 Å². The molecule has 1 aromatic rings. The highest BCUT2D eigenvalue weighted by atomic mass is 16.5. The first-order valence-corrected chi connectivity index (χ1v) is 9.53. The molecule has 0 aliphatic heterocycles. The maximum Gasteiger partial charge on any atom is 0.276 e. The lowest BCUT2D eigenvalue weighted by Gasteiger charge is -2.63. The molecule has 0 N–H and O–H groups in total. The number of aromatic nitrogens is 1. The van der Waals surface area contributed by atoms with Crippen LogP contribution in [0.2, 0.25) is 0 Å². The number of fused-ring (bicyclic) bond motifs is 1. The standard InChI is InChI=1S/C19H28N2O3/c1-3-23-16-12-15(19(16)10-7-11-19)21(2)18(22)17-13-8-5-4-6-9-14(13)24-20-17/h15-16H,3-12H2,1-2H3/t15-,16-/m0/s1. The molecule has 1 aromatic heterocycles. The lowest BCUT2D eigenvalue weighted by atomic mass is 9.50. The molecule has 0 unspecified atom stereocenters. The molecule has 5 heteroatoms. The smallest absolute Gasteiger partial charge is 0.276 e. The summed E-state index contributed by atoms with van der Waals surface area (Å²) >= 11 is 0. The van der Waals surface area contributed by atoms with Gasteiger partial charge in [-0.25, -0.2) is 0 Å². The molecule has 3 aliphatic carbocycles. The fourth-order valence-electron chi connectivity index (χ4n) is 4.98. The van der Waals surface area contributed by atoms with Gasteiger partial charge in [0, 0.05) is 37.1 Å². The second-order valence-corrected chi connectivity index (χ2v) is 7.69. The van der Waals surface area contributed by atoms with Gasteiger partial charge in [0.25, 0.3) is 5.91 Å². The Balaban J connectivity index is 1.52. The fraction of sp³-hybridized carbons (Fsp3) is 0.789. The van der Waals surface area contributed by atoms with E-state index in [0.29, 0.717) is 11.8 Å². The molecule has 132 valence electrons. The van der Waals surface area contributed by atoms with E-state index in [1.807, 2.05) is 11.9 Å². The molecule has 1 spiro atoms. The number of ether oxygens (including phenoxy) is 1. The number of hydrogen-bond donors (Lipinski definition) is 0.